The quantitative estimate of drug-likeness (QED) is 0.394. The summed E-state index contributed by atoms with van der Waals surface area (Å²) < 4.78 is 1.77. The van der Waals surface area contributed by atoms with Gasteiger partial charge in [0.1, 0.15) is 11.4 Å². The number of aromatic nitrogens is 2. The molecule has 140 valence electrons. The van der Waals surface area contributed by atoms with Gasteiger partial charge >= 0.3 is 0 Å². The smallest absolute Gasteiger partial charge is 0.267 e. The number of thioether (sulfide) groups is 1. The van der Waals surface area contributed by atoms with Gasteiger partial charge in [0.05, 0.1) is 29.0 Å². The van der Waals surface area contributed by atoms with Crippen LogP contribution < -0.4 is 10.5 Å². The lowest BCUT2D eigenvalue weighted by Gasteiger charge is -2.23. The Balaban J connectivity index is 1.90. The number of thiophene rings is 1. The number of benzene rings is 1. The molecule has 1 N–H and O–H groups in total. The lowest BCUT2D eigenvalue weighted by Crippen LogP contribution is -3.11. The number of fused-ring (bicyclic) bond motifs is 3. The van der Waals surface area contributed by atoms with Crippen LogP contribution in [0, 0.1) is 0 Å². The first-order chi connectivity index (χ1) is 13.2. The molecule has 0 aliphatic carbocycles. The molecule has 0 amide bonds. The number of nitrogens with zero attached hydrogens (tertiary/aromatic N) is 2. The molecule has 0 saturated carbocycles. The monoisotopic (exact) mass is 398 g/mol. The maximum absolute atomic E-state index is 13.5. The Morgan fingerprint density at radius 1 is 1.37 bits per heavy atom. The topological polar surface area (TPSA) is 39.3 Å². The molecule has 1 aliphatic heterocycles. The molecule has 0 saturated heterocycles. The van der Waals surface area contributed by atoms with Crippen LogP contribution in [-0.4, -0.2) is 28.4 Å². The van der Waals surface area contributed by atoms with E-state index in [0.29, 0.717) is 0 Å². The zero-order valence-corrected chi connectivity index (χ0v) is 17.2. The van der Waals surface area contributed by atoms with Crippen LogP contribution in [0.2, 0.25) is 0 Å². The second kappa shape index (κ2) is 8.00. The molecule has 6 heteroatoms. The normalized spacial score (nSPS) is 16.4. The fraction of sp³-hybridized carbons (Fsp3) is 0.333. The highest BCUT2D eigenvalue weighted by atomic mass is 32.2. The van der Waals surface area contributed by atoms with Gasteiger partial charge in [0.25, 0.3) is 5.56 Å². The van der Waals surface area contributed by atoms with Crippen LogP contribution >= 0.6 is 23.1 Å². The molecular weight excluding hydrogens is 374 g/mol. The van der Waals surface area contributed by atoms with Crippen LogP contribution in [0.25, 0.3) is 15.9 Å². The highest BCUT2D eigenvalue weighted by Crippen LogP contribution is 2.31. The summed E-state index contributed by atoms with van der Waals surface area (Å²) in [5, 5.41) is 1.58. The standard InChI is InChI=1S/C21H23N3OS2/c1-3-11-23-12-10-16-17(14-23)27-19-18(16)20(25)24(15-8-6-5-7-9-15)21(22-19)26-13-4-2/h4-9H,2-3,10-14H2,1H3/p+1. The lowest BCUT2D eigenvalue weighted by molar-refractivity contribution is -0.915. The summed E-state index contributed by atoms with van der Waals surface area (Å²) in [6.45, 7) is 9.35. The van der Waals surface area contributed by atoms with E-state index in [-0.39, 0.29) is 5.56 Å². The number of hydrogen-bond donors (Lipinski definition) is 1. The van der Waals surface area contributed by atoms with Gasteiger partial charge in [-0.2, -0.15) is 0 Å². The van der Waals surface area contributed by atoms with Crippen molar-refractivity contribution in [3.63, 3.8) is 0 Å². The minimum atomic E-state index is 0.0641. The van der Waals surface area contributed by atoms with E-state index < -0.39 is 0 Å². The molecule has 3 heterocycles. The van der Waals surface area contributed by atoms with Crippen LogP contribution in [-0.2, 0) is 13.0 Å². The Hall–Kier alpha value is -1.89. The van der Waals surface area contributed by atoms with Crippen molar-refractivity contribution in [2.45, 2.75) is 31.5 Å². The zero-order valence-electron chi connectivity index (χ0n) is 15.5. The fourth-order valence-corrected chi connectivity index (χ4v) is 5.84. The number of para-hydroxylation sites is 1. The molecule has 1 unspecified atom stereocenters. The van der Waals surface area contributed by atoms with Crippen molar-refractivity contribution in [2.24, 2.45) is 0 Å². The van der Waals surface area contributed by atoms with Gasteiger partial charge in [-0.15, -0.1) is 17.9 Å². The summed E-state index contributed by atoms with van der Waals surface area (Å²) in [7, 11) is 0. The predicted molar refractivity (Wildman–Crippen MR) is 115 cm³/mol. The zero-order chi connectivity index (χ0) is 18.8. The second-order valence-corrected chi connectivity index (χ2v) is 8.90. The first kappa shape index (κ1) is 18.5. The summed E-state index contributed by atoms with van der Waals surface area (Å²) in [5.41, 5.74) is 2.17. The van der Waals surface area contributed by atoms with Crippen molar-refractivity contribution in [3.05, 3.63) is 63.8 Å². The van der Waals surface area contributed by atoms with Gasteiger partial charge in [0, 0.05) is 12.2 Å². The van der Waals surface area contributed by atoms with E-state index in [1.54, 1.807) is 32.6 Å². The van der Waals surface area contributed by atoms with Crippen molar-refractivity contribution in [1.82, 2.24) is 9.55 Å². The molecule has 1 aliphatic rings. The largest absolute Gasteiger partial charge is 0.330 e. The summed E-state index contributed by atoms with van der Waals surface area (Å²) in [6, 6.07) is 9.83. The van der Waals surface area contributed by atoms with Gasteiger partial charge < -0.3 is 4.90 Å². The minimum Gasteiger partial charge on any atom is -0.330 e. The molecule has 0 fully saturated rings. The first-order valence-corrected chi connectivity index (χ1v) is 11.2. The van der Waals surface area contributed by atoms with E-state index in [9.17, 15) is 4.79 Å². The van der Waals surface area contributed by atoms with Crippen LogP contribution in [0.1, 0.15) is 23.8 Å². The Labute approximate surface area is 167 Å². The average Bonchev–Trinajstić information content (AvgIpc) is 3.05. The molecule has 0 radical (unpaired) electrons. The van der Waals surface area contributed by atoms with E-state index in [2.05, 4.69) is 13.5 Å². The summed E-state index contributed by atoms with van der Waals surface area (Å²) in [5.74, 6) is 0.726. The number of nitrogens with one attached hydrogen (secondary N) is 1. The van der Waals surface area contributed by atoms with Crippen LogP contribution in [0.15, 0.2) is 52.9 Å². The van der Waals surface area contributed by atoms with Crippen LogP contribution in [0.5, 0.6) is 0 Å². The maximum atomic E-state index is 13.5. The van der Waals surface area contributed by atoms with Gasteiger partial charge in [-0.1, -0.05) is 43.0 Å². The molecule has 4 rings (SSSR count). The molecule has 1 aromatic carbocycles. The second-order valence-electron chi connectivity index (χ2n) is 6.83. The van der Waals surface area contributed by atoms with Crippen molar-refractivity contribution >= 4 is 33.3 Å². The van der Waals surface area contributed by atoms with Crippen molar-refractivity contribution in [1.29, 1.82) is 0 Å². The lowest BCUT2D eigenvalue weighted by atomic mass is 10.1. The van der Waals surface area contributed by atoms with Crippen molar-refractivity contribution < 1.29 is 4.90 Å². The van der Waals surface area contributed by atoms with E-state index in [1.807, 2.05) is 36.4 Å². The third kappa shape index (κ3) is 3.49. The molecule has 2 aromatic heterocycles. The highest BCUT2D eigenvalue weighted by molar-refractivity contribution is 7.99. The Bertz CT molecular complexity index is 1020. The maximum Gasteiger partial charge on any atom is 0.267 e. The molecule has 4 nitrogen and oxygen atoms in total. The minimum absolute atomic E-state index is 0.0641. The van der Waals surface area contributed by atoms with E-state index in [0.717, 1.165) is 46.3 Å². The molecule has 1 atom stereocenters. The first-order valence-electron chi connectivity index (χ1n) is 9.43. The number of hydrogen-bond acceptors (Lipinski definition) is 4. The molecule has 0 spiro atoms. The molecule has 3 aromatic rings. The summed E-state index contributed by atoms with van der Waals surface area (Å²) in [4.78, 5) is 22.3. The highest BCUT2D eigenvalue weighted by Gasteiger charge is 2.27. The molecule has 27 heavy (non-hydrogen) atoms. The number of quaternary nitrogens is 1. The predicted octanol–water partition coefficient (Wildman–Crippen LogP) is 3.08. The third-order valence-corrected chi connectivity index (χ3v) is 7.03. The van der Waals surface area contributed by atoms with Crippen LogP contribution in [0.3, 0.4) is 0 Å². The van der Waals surface area contributed by atoms with Gasteiger partial charge in [-0.3, -0.25) is 9.36 Å². The SMILES string of the molecule is C=CCSc1nc2sc3c(c2c(=O)n1-c1ccccc1)CC[NH+](CCC)C3. The van der Waals surface area contributed by atoms with Crippen molar-refractivity contribution in [2.75, 3.05) is 18.8 Å². The fourth-order valence-electron chi connectivity index (χ4n) is 3.76. The van der Waals surface area contributed by atoms with Gasteiger partial charge in [-0.05, 0) is 24.1 Å². The molecular formula is C21H24N3OS2+. The Morgan fingerprint density at radius 3 is 2.93 bits per heavy atom. The van der Waals surface area contributed by atoms with E-state index in [4.69, 9.17) is 4.98 Å². The van der Waals surface area contributed by atoms with E-state index in [1.165, 1.54) is 23.4 Å². The third-order valence-electron chi connectivity index (χ3n) is 4.96. The summed E-state index contributed by atoms with van der Waals surface area (Å²) >= 11 is 3.27. The molecule has 0 bridgehead atoms. The van der Waals surface area contributed by atoms with Crippen molar-refractivity contribution in [3.8, 4) is 5.69 Å². The average molecular weight is 399 g/mol. The van der Waals surface area contributed by atoms with Gasteiger partial charge in [0.2, 0.25) is 0 Å². The Morgan fingerprint density at radius 2 is 2.19 bits per heavy atom. The van der Waals surface area contributed by atoms with Gasteiger partial charge in [0.15, 0.2) is 5.16 Å². The van der Waals surface area contributed by atoms with Crippen LogP contribution in [0.4, 0.5) is 0 Å². The summed E-state index contributed by atoms with van der Waals surface area (Å²) in [6.07, 6.45) is 4.01. The Kier molecular flexibility index (Phi) is 5.48. The number of rotatable bonds is 6. The van der Waals surface area contributed by atoms with E-state index >= 15 is 0 Å². The van der Waals surface area contributed by atoms with Gasteiger partial charge in [-0.25, -0.2) is 4.98 Å².